The smallest absolute Gasteiger partial charge is 0.143 e. The van der Waals surface area contributed by atoms with E-state index in [1.807, 2.05) is 0 Å². The summed E-state index contributed by atoms with van der Waals surface area (Å²) in [6, 6.07) is 0. The van der Waals surface area contributed by atoms with Crippen molar-refractivity contribution in [2.45, 2.75) is 34.1 Å². The summed E-state index contributed by atoms with van der Waals surface area (Å²) in [5.41, 5.74) is -0.0936. The molecule has 2 atom stereocenters. The van der Waals surface area contributed by atoms with Gasteiger partial charge in [0.2, 0.25) is 0 Å². The van der Waals surface area contributed by atoms with Gasteiger partial charge in [0.25, 0.3) is 0 Å². The second kappa shape index (κ2) is 3.79. The maximum atomic E-state index is 12.1. The van der Waals surface area contributed by atoms with E-state index in [9.17, 15) is 4.79 Å². The Balaban J connectivity index is 2.65. The molecule has 0 amide bonds. The molecule has 76 valence electrons. The number of ketones is 1. The average Bonchev–Trinajstić information content (AvgIpc) is 2.50. The molecular weight excluding hydrogens is 162 g/mol. The van der Waals surface area contributed by atoms with E-state index >= 15 is 0 Å². The molecule has 0 saturated carbocycles. The first-order valence-corrected chi connectivity index (χ1v) is 5.22. The first kappa shape index (κ1) is 10.7. The minimum atomic E-state index is -0.0936. The predicted octanol–water partition coefficient (Wildman–Crippen LogP) is 1.85. The SMILES string of the molecule is CC(C)C(C)C(=O)C1(C)CCNC1. The molecule has 0 aromatic heterocycles. The molecule has 0 bridgehead atoms. The van der Waals surface area contributed by atoms with Crippen molar-refractivity contribution in [3.05, 3.63) is 0 Å². The number of hydrogen-bond acceptors (Lipinski definition) is 2. The topological polar surface area (TPSA) is 29.1 Å². The van der Waals surface area contributed by atoms with Crippen LogP contribution in [0.4, 0.5) is 0 Å². The van der Waals surface area contributed by atoms with Gasteiger partial charge in [-0.05, 0) is 18.9 Å². The highest BCUT2D eigenvalue weighted by atomic mass is 16.1. The summed E-state index contributed by atoms with van der Waals surface area (Å²) >= 11 is 0. The molecule has 2 heteroatoms. The van der Waals surface area contributed by atoms with Crippen molar-refractivity contribution < 1.29 is 4.79 Å². The first-order valence-electron chi connectivity index (χ1n) is 5.22. The largest absolute Gasteiger partial charge is 0.316 e. The van der Waals surface area contributed by atoms with Gasteiger partial charge in [-0.2, -0.15) is 0 Å². The minimum absolute atomic E-state index is 0.0936. The monoisotopic (exact) mass is 183 g/mol. The summed E-state index contributed by atoms with van der Waals surface area (Å²) in [4.78, 5) is 12.1. The quantitative estimate of drug-likeness (QED) is 0.723. The van der Waals surface area contributed by atoms with E-state index in [1.54, 1.807) is 0 Å². The molecule has 2 unspecified atom stereocenters. The highest BCUT2D eigenvalue weighted by molar-refractivity contribution is 5.87. The zero-order valence-corrected chi connectivity index (χ0v) is 9.18. The predicted molar refractivity (Wildman–Crippen MR) is 54.6 cm³/mol. The second-order valence-electron chi connectivity index (χ2n) is 4.88. The zero-order chi connectivity index (χ0) is 10.1. The molecule has 1 aliphatic rings. The van der Waals surface area contributed by atoms with Gasteiger partial charge in [-0.15, -0.1) is 0 Å². The Hall–Kier alpha value is -0.370. The average molecular weight is 183 g/mol. The Kier molecular flexibility index (Phi) is 3.12. The fraction of sp³-hybridized carbons (Fsp3) is 0.909. The van der Waals surface area contributed by atoms with Gasteiger partial charge in [0, 0.05) is 17.9 Å². The third-order valence-corrected chi connectivity index (χ3v) is 3.38. The molecular formula is C11H21NO. The van der Waals surface area contributed by atoms with Crippen LogP contribution in [0.15, 0.2) is 0 Å². The number of Topliss-reactive ketones (excluding diaryl/α,β-unsaturated/α-hetero) is 1. The number of rotatable bonds is 3. The van der Waals surface area contributed by atoms with E-state index < -0.39 is 0 Å². The molecule has 0 aromatic rings. The number of carbonyl (C=O) groups excluding carboxylic acids is 1. The summed E-state index contributed by atoms with van der Waals surface area (Å²) in [6.07, 6.45) is 1.00. The van der Waals surface area contributed by atoms with E-state index in [0.29, 0.717) is 11.7 Å². The normalized spacial score (nSPS) is 30.8. The molecule has 1 rings (SSSR count). The first-order chi connectivity index (χ1) is 5.97. The molecule has 0 aliphatic carbocycles. The Morgan fingerprint density at radius 3 is 2.38 bits per heavy atom. The highest BCUT2D eigenvalue weighted by Crippen LogP contribution is 2.31. The molecule has 0 radical (unpaired) electrons. The lowest BCUT2D eigenvalue weighted by Gasteiger charge is -2.26. The summed E-state index contributed by atoms with van der Waals surface area (Å²) < 4.78 is 0. The fourth-order valence-corrected chi connectivity index (χ4v) is 1.88. The molecule has 2 nitrogen and oxygen atoms in total. The summed E-state index contributed by atoms with van der Waals surface area (Å²) in [7, 11) is 0. The van der Waals surface area contributed by atoms with Gasteiger partial charge in [-0.3, -0.25) is 4.79 Å². The summed E-state index contributed by atoms with van der Waals surface area (Å²) in [5, 5.41) is 3.27. The van der Waals surface area contributed by atoms with Crippen LogP contribution < -0.4 is 5.32 Å². The van der Waals surface area contributed by atoms with E-state index in [4.69, 9.17) is 0 Å². The van der Waals surface area contributed by atoms with Crippen molar-refractivity contribution in [3.8, 4) is 0 Å². The lowest BCUT2D eigenvalue weighted by molar-refractivity contribution is -0.131. The van der Waals surface area contributed by atoms with Crippen LogP contribution in [0.25, 0.3) is 0 Å². The number of carbonyl (C=O) groups is 1. The molecule has 0 spiro atoms. The maximum Gasteiger partial charge on any atom is 0.143 e. The van der Waals surface area contributed by atoms with Crippen LogP contribution in [0.5, 0.6) is 0 Å². The van der Waals surface area contributed by atoms with Gasteiger partial charge in [0.05, 0.1) is 0 Å². The van der Waals surface area contributed by atoms with Crippen LogP contribution in [0.3, 0.4) is 0 Å². The van der Waals surface area contributed by atoms with Crippen molar-refractivity contribution in [1.29, 1.82) is 0 Å². The Labute approximate surface area is 81.1 Å². The molecule has 1 saturated heterocycles. The van der Waals surface area contributed by atoms with Gasteiger partial charge in [-0.25, -0.2) is 0 Å². The van der Waals surface area contributed by atoms with Crippen molar-refractivity contribution in [2.75, 3.05) is 13.1 Å². The van der Waals surface area contributed by atoms with Gasteiger partial charge in [0.1, 0.15) is 5.78 Å². The lowest BCUT2D eigenvalue weighted by Crippen LogP contribution is -2.36. The van der Waals surface area contributed by atoms with E-state index in [2.05, 4.69) is 33.0 Å². The van der Waals surface area contributed by atoms with Crippen LogP contribution in [-0.4, -0.2) is 18.9 Å². The maximum absolute atomic E-state index is 12.1. The zero-order valence-electron chi connectivity index (χ0n) is 9.18. The van der Waals surface area contributed by atoms with Crippen molar-refractivity contribution in [2.24, 2.45) is 17.3 Å². The molecule has 13 heavy (non-hydrogen) atoms. The summed E-state index contributed by atoms with van der Waals surface area (Å²) in [5.74, 6) is 1.10. The van der Waals surface area contributed by atoms with Crippen LogP contribution in [-0.2, 0) is 4.79 Å². The van der Waals surface area contributed by atoms with Crippen molar-refractivity contribution in [1.82, 2.24) is 5.32 Å². The number of hydrogen-bond donors (Lipinski definition) is 1. The molecule has 1 fully saturated rings. The van der Waals surface area contributed by atoms with Crippen molar-refractivity contribution in [3.63, 3.8) is 0 Å². The Bertz CT molecular complexity index is 192. The molecule has 1 heterocycles. The van der Waals surface area contributed by atoms with Gasteiger partial charge in [0.15, 0.2) is 0 Å². The van der Waals surface area contributed by atoms with Gasteiger partial charge in [-0.1, -0.05) is 27.7 Å². The second-order valence-corrected chi connectivity index (χ2v) is 4.88. The van der Waals surface area contributed by atoms with Crippen LogP contribution in [0, 0.1) is 17.3 Å². The highest BCUT2D eigenvalue weighted by Gasteiger charge is 2.38. The third kappa shape index (κ3) is 2.11. The van der Waals surface area contributed by atoms with Crippen LogP contribution in [0.1, 0.15) is 34.1 Å². The van der Waals surface area contributed by atoms with Gasteiger partial charge >= 0.3 is 0 Å². The van der Waals surface area contributed by atoms with Crippen molar-refractivity contribution >= 4 is 5.78 Å². The Morgan fingerprint density at radius 1 is 1.38 bits per heavy atom. The molecule has 1 N–H and O–H groups in total. The molecule has 1 aliphatic heterocycles. The fourth-order valence-electron chi connectivity index (χ4n) is 1.88. The van der Waals surface area contributed by atoms with E-state index in [0.717, 1.165) is 19.5 Å². The lowest BCUT2D eigenvalue weighted by atomic mass is 9.76. The minimum Gasteiger partial charge on any atom is -0.316 e. The Morgan fingerprint density at radius 2 is 2.00 bits per heavy atom. The van der Waals surface area contributed by atoms with Crippen LogP contribution >= 0.6 is 0 Å². The van der Waals surface area contributed by atoms with E-state index in [-0.39, 0.29) is 11.3 Å². The van der Waals surface area contributed by atoms with Gasteiger partial charge < -0.3 is 5.32 Å². The van der Waals surface area contributed by atoms with Crippen LogP contribution in [0.2, 0.25) is 0 Å². The standard InChI is InChI=1S/C11H21NO/c1-8(2)9(3)10(13)11(4)5-6-12-7-11/h8-9,12H,5-7H2,1-4H3. The molecule has 0 aromatic carbocycles. The van der Waals surface area contributed by atoms with E-state index in [1.165, 1.54) is 0 Å². The number of nitrogens with one attached hydrogen (secondary N) is 1. The third-order valence-electron chi connectivity index (χ3n) is 3.38. The summed E-state index contributed by atoms with van der Waals surface area (Å²) in [6.45, 7) is 10.2.